The second kappa shape index (κ2) is 4.74. The lowest BCUT2D eigenvalue weighted by atomic mass is 10.0. The zero-order valence-corrected chi connectivity index (χ0v) is 12.6. The van der Waals surface area contributed by atoms with Crippen molar-refractivity contribution in [3.63, 3.8) is 0 Å². The Labute approximate surface area is 129 Å². The van der Waals surface area contributed by atoms with Crippen molar-refractivity contribution < 1.29 is 0 Å². The summed E-state index contributed by atoms with van der Waals surface area (Å²) in [6.07, 6.45) is 1.82. The molecule has 2 aromatic rings. The molecule has 0 aliphatic carbocycles. The summed E-state index contributed by atoms with van der Waals surface area (Å²) in [5.41, 5.74) is 3.96. The fourth-order valence-corrected chi connectivity index (χ4v) is 3.67. The molecule has 0 bridgehead atoms. The van der Waals surface area contributed by atoms with Crippen molar-refractivity contribution in [2.24, 2.45) is 0 Å². The summed E-state index contributed by atoms with van der Waals surface area (Å²) in [6.45, 7) is 4.81. The number of anilines is 1. The molecule has 0 saturated heterocycles. The number of hydrogen-bond donors (Lipinski definition) is 0. The lowest BCUT2D eigenvalue weighted by Crippen LogP contribution is -2.32. The van der Waals surface area contributed by atoms with Crippen LogP contribution < -0.4 is 10.3 Å². The molecule has 0 unspecified atom stereocenters. The number of rotatable bonds is 1. The van der Waals surface area contributed by atoms with Gasteiger partial charge in [0.1, 0.15) is 17.5 Å². The van der Waals surface area contributed by atoms with Gasteiger partial charge < -0.3 is 9.47 Å². The molecular formula is C18H17N3O. The third-order valence-electron chi connectivity index (χ3n) is 4.71. The van der Waals surface area contributed by atoms with Gasteiger partial charge in [0.05, 0.1) is 5.69 Å². The molecule has 2 aliphatic heterocycles. The highest BCUT2D eigenvalue weighted by molar-refractivity contribution is 5.73. The zero-order chi connectivity index (χ0) is 15.3. The number of aryl methyl sites for hydroxylation is 1. The summed E-state index contributed by atoms with van der Waals surface area (Å²) in [5.74, 6) is 1.05. The number of nitrogens with zero attached hydrogens (tertiary/aromatic N) is 3. The van der Waals surface area contributed by atoms with E-state index in [1.807, 2.05) is 31.2 Å². The first-order valence-electron chi connectivity index (χ1n) is 7.72. The average molecular weight is 291 g/mol. The predicted molar refractivity (Wildman–Crippen MR) is 86.1 cm³/mol. The Morgan fingerprint density at radius 2 is 1.91 bits per heavy atom. The highest BCUT2D eigenvalue weighted by Crippen LogP contribution is 2.35. The largest absolute Gasteiger partial charge is 0.357 e. The second-order valence-corrected chi connectivity index (χ2v) is 6.07. The van der Waals surface area contributed by atoms with Crippen molar-refractivity contribution >= 4 is 5.82 Å². The van der Waals surface area contributed by atoms with Gasteiger partial charge in [-0.3, -0.25) is 4.79 Å². The Balaban J connectivity index is 2.08. The van der Waals surface area contributed by atoms with Crippen molar-refractivity contribution in [2.75, 3.05) is 18.0 Å². The van der Waals surface area contributed by atoms with Crippen LogP contribution in [0.1, 0.15) is 23.1 Å². The molecule has 0 fully saturated rings. The fourth-order valence-electron chi connectivity index (χ4n) is 3.67. The minimum absolute atomic E-state index is 0.0753. The average Bonchev–Trinajstić information content (AvgIpc) is 2.97. The van der Waals surface area contributed by atoms with Crippen LogP contribution in [0.15, 0.2) is 29.1 Å². The highest BCUT2D eigenvalue weighted by atomic mass is 16.1. The van der Waals surface area contributed by atoms with Gasteiger partial charge in [-0.05, 0) is 25.3 Å². The molecule has 0 atom stereocenters. The summed E-state index contributed by atoms with van der Waals surface area (Å²) in [7, 11) is 0. The van der Waals surface area contributed by atoms with E-state index in [1.54, 1.807) is 0 Å². The Morgan fingerprint density at radius 3 is 2.64 bits per heavy atom. The van der Waals surface area contributed by atoms with Crippen LogP contribution >= 0.6 is 0 Å². The summed E-state index contributed by atoms with van der Waals surface area (Å²) >= 11 is 0. The number of benzene rings is 1. The molecule has 0 amide bonds. The summed E-state index contributed by atoms with van der Waals surface area (Å²) in [5, 5.41) is 9.57. The van der Waals surface area contributed by atoms with Crippen LogP contribution in [-0.4, -0.2) is 17.7 Å². The van der Waals surface area contributed by atoms with E-state index in [1.165, 1.54) is 5.56 Å². The molecule has 22 heavy (non-hydrogen) atoms. The van der Waals surface area contributed by atoms with E-state index in [9.17, 15) is 10.1 Å². The maximum atomic E-state index is 12.7. The van der Waals surface area contributed by atoms with Crippen molar-refractivity contribution in [1.29, 1.82) is 5.26 Å². The Morgan fingerprint density at radius 1 is 1.14 bits per heavy atom. The molecule has 1 aromatic carbocycles. The molecule has 2 aliphatic rings. The van der Waals surface area contributed by atoms with Crippen LogP contribution in [0.3, 0.4) is 0 Å². The van der Waals surface area contributed by atoms with Crippen LogP contribution in [0.25, 0.3) is 11.3 Å². The van der Waals surface area contributed by atoms with Crippen LogP contribution in [0.4, 0.5) is 5.82 Å². The van der Waals surface area contributed by atoms with Crippen molar-refractivity contribution in [1.82, 2.24) is 4.57 Å². The van der Waals surface area contributed by atoms with Crippen LogP contribution in [0.5, 0.6) is 0 Å². The molecule has 4 heteroatoms. The maximum absolute atomic E-state index is 12.7. The smallest absolute Gasteiger partial charge is 0.205 e. The molecule has 0 N–H and O–H groups in total. The maximum Gasteiger partial charge on any atom is 0.205 e. The number of pyridine rings is 1. The van der Waals surface area contributed by atoms with Gasteiger partial charge in [0.15, 0.2) is 0 Å². The van der Waals surface area contributed by atoms with Crippen molar-refractivity contribution in [2.45, 2.75) is 26.3 Å². The van der Waals surface area contributed by atoms with E-state index < -0.39 is 0 Å². The molecule has 1 aromatic heterocycles. The third-order valence-corrected chi connectivity index (χ3v) is 4.71. The number of aromatic nitrogens is 1. The normalized spacial score (nSPS) is 15.5. The Kier molecular flexibility index (Phi) is 2.83. The Bertz CT molecular complexity index is 856. The molecule has 110 valence electrons. The minimum Gasteiger partial charge on any atom is -0.357 e. The molecule has 0 radical (unpaired) electrons. The van der Waals surface area contributed by atoms with Crippen LogP contribution in [0, 0.1) is 18.3 Å². The van der Waals surface area contributed by atoms with E-state index in [0.717, 1.165) is 55.1 Å². The van der Waals surface area contributed by atoms with Gasteiger partial charge in [-0.1, -0.05) is 29.8 Å². The highest BCUT2D eigenvalue weighted by Gasteiger charge is 2.32. The molecule has 4 rings (SSSR count). The van der Waals surface area contributed by atoms with Crippen molar-refractivity contribution in [3.8, 4) is 17.3 Å². The topological polar surface area (TPSA) is 49.0 Å². The van der Waals surface area contributed by atoms with Gasteiger partial charge in [0, 0.05) is 25.2 Å². The third kappa shape index (κ3) is 1.72. The first-order valence-corrected chi connectivity index (χ1v) is 7.72. The quantitative estimate of drug-likeness (QED) is 0.811. The number of hydrogen-bond acceptors (Lipinski definition) is 3. The lowest BCUT2D eigenvalue weighted by Gasteiger charge is -2.31. The zero-order valence-electron chi connectivity index (χ0n) is 12.6. The van der Waals surface area contributed by atoms with Gasteiger partial charge in [-0.2, -0.15) is 5.26 Å². The monoisotopic (exact) mass is 291 g/mol. The number of nitriles is 1. The van der Waals surface area contributed by atoms with E-state index in [2.05, 4.69) is 15.5 Å². The first-order chi connectivity index (χ1) is 10.7. The summed E-state index contributed by atoms with van der Waals surface area (Å²) < 4.78 is 2.19. The molecule has 0 saturated carbocycles. The summed E-state index contributed by atoms with van der Waals surface area (Å²) in [6, 6.07) is 10.2. The van der Waals surface area contributed by atoms with E-state index in [-0.39, 0.29) is 5.43 Å². The van der Waals surface area contributed by atoms with E-state index in [0.29, 0.717) is 5.56 Å². The summed E-state index contributed by atoms with van der Waals surface area (Å²) in [4.78, 5) is 15.0. The van der Waals surface area contributed by atoms with E-state index >= 15 is 0 Å². The van der Waals surface area contributed by atoms with Gasteiger partial charge >= 0.3 is 0 Å². The second-order valence-electron chi connectivity index (χ2n) is 6.07. The van der Waals surface area contributed by atoms with Gasteiger partial charge in [-0.15, -0.1) is 0 Å². The van der Waals surface area contributed by atoms with Crippen LogP contribution in [0.2, 0.25) is 0 Å². The molecular weight excluding hydrogens is 274 g/mol. The minimum atomic E-state index is -0.0753. The SMILES string of the molecule is Cc1ccc(-c2c(C#N)c(=O)c3c4n2CCCN4CC3)cc1. The van der Waals surface area contributed by atoms with Gasteiger partial charge in [-0.25, -0.2) is 0 Å². The van der Waals surface area contributed by atoms with Gasteiger partial charge in [0.25, 0.3) is 0 Å². The fraction of sp³-hybridized carbons (Fsp3) is 0.333. The molecule has 4 nitrogen and oxygen atoms in total. The standard InChI is InChI=1S/C18H17N3O/c1-12-3-5-13(6-4-12)16-15(11-19)17(22)14-7-10-20-8-2-9-21(16)18(14)20/h3-6H,2,7-10H2,1H3. The van der Waals surface area contributed by atoms with E-state index in [4.69, 9.17) is 0 Å². The van der Waals surface area contributed by atoms with Crippen LogP contribution in [-0.2, 0) is 13.0 Å². The van der Waals surface area contributed by atoms with Crippen molar-refractivity contribution in [3.05, 3.63) is 51.2 Å². The van der Waals surface area contributed by atoms with Gasteiger partial charge in [0.2, 0.25) is 5.43 Å². The first kappa shape index (κ1) is 13.1. The Hall–Kier alpha value is -2.54. The predicted octanol–water partition coefficient (Wildman–Crippen LogP) is 2.46. The molecule has 3 heterocycles. The molecule has 0 spiro atoms. The lowest BCUT2D eigenvalue weighted by molar-refractivity contribution is 0.578.